The van der Waals surface area contributed by atoms with E-state index in [1.54, 1.807) is 17.9 Å². The maximum absolute atomic E-state index is 12.4. The van der Waals surface area contributed by atoms with Gasteiger partial charge < -0.3 is 19.5 Å². The minimum Gasteiger partial charge on any atom is -0.469 e. The van der Waals surface area contributed by atoms with Crippen LogP contribution in [0.15, 0.2) is 22.8 Å². The van der Waals surface area contributed by atoms with Gasteiger partial charge >= 0.3 is 0 Å². The first-order valence-corrected chi connectivity index (χ1v) is 9.55. The molecule has 3 heterocycles. The highest BCUT2D eigenvalue weighted by molar-refractivity contribution is 5.97. The number of aryl methyl sites for hydroxylation is 2. The molecule has 0 atom stereocenters. The number of hydrogen-bond donors (Lipinski definition) is 1. The summed E-state index contributed by atoms with van der Waals surface area (Å²) in [5.74, 6) is 2.17. The lowest BCUT2D eigenvalue weighted by molar-refractivity contribution is -0.130. The molecular formula is C20H27N5O3. The van der Waals surface area contributed by atoms with Crippen LogP contribution in [-0.4, -0.2) is 59.4 Å². The van der Waals surface area contributed by atoms with Gasteiger partial charge in [-0.3, -0.25) is 9.59 Å². The van der Waals surface area contributed by atoms with Crippen molar-refractivity contribution in [3.05, 3.63) is 41.2 Å². The van der Waals surface area contributed by atoms with Crippen molar-refractivity contribution in [2.75, 3.05) is 37.6 Å². The van der Waals surface area contributed by atoms with Gasteiger partial charge in [-0.05, 0) is 19.9 Å². The molecule has 150 valence electrons. The molecule has 2 amide bonds. The molecule has 3 rings (SSSR count). The van der Waals surface area contributed by atoms with E-state index in [0.29, 0.717) is 37.5 Å². The molecule has 28 heavy (non-hydrogen) atoms. The molecule has 0 radical (unpaired) electrons. The first-order chi connectivity index (χ1) is 13.3. The van der Waals surface area contributed by atoms with Crippen LogP contribution in [0.3, 0.4) is 0 Å². The van der Waals surface area contributed by atoms with Crippen molar-refractivity contribution in [2.45, 2.75) is 33.6 Å². The van der Waals surface area contributed by atoms with Crippen LogP contribution < -0.4 is 10.2 Å². The number of nitrogens with one attached hydrogen (secondary N) is 1. The summed E-state index contributed by atoms with van der Waals surface area (Å²) in [4.78, 5) is 37.7. The predicted octanol–water partition coefficient (Wildman–Crippen LogP) is 1.89. The fourth-order valence-electron chi connectivity index (χ4n) is 3.16. The molecule has 2 aromatic heterocycles. The summed E-state index contributed by atoms with van der Waals surface area (Å²) in [5, 5.41) is 2.67. The molecule has 0 spiro atoms. The van der Waals surface area contributed by atoms with Gasteiger partial charge in [0.15, 0.2) is 0 Å². The molecule has 0 aliphatic carbocycles. The lowest BCUT2D eigenvalue weighted by atomic mass is 10.2. The average Bonchev–Trinajstić information content (AvgIpc) is 3.11. The van der Waals surface area contributed by atoms with Crippen LogP contribution in [0.5, 0.6) is 0 Å². The summed E-state index contributed by atoms with van der Waals surface area (Å²) in [5.41, 5.74) is 1.40. The van der Waals surface area contributed by atoms with Crippen LogP contribution in [-0.2, 0) is 4.79 Å². The molecule has 1 aliphatic heterocycles. The zero-order chi connectivity index (χ0) is 20.3. The van der Waals surface area contributed by atoms with E-state index in [9.17, 15) is 9.59 Å². The quantitative estimate of drug-likeness (QED) is 0.845. The van der Waals surface area contributed by atoms with E-state index in [-0.39, 0.29) is 24.3 Å². The Morgan fingerprint density at radius 1 is 1.18 bits per heavy atom. The molecule has 0 bridgehead atoms. The first kappa shape index (κ1) is 19.9. The third-order valence-corrected chi connectivity index (χ3v) is 4.83. The summed E-state index contributed by atoms with van der Waals surface area (Å²) >= 11 is 0. The van der Waals surface area contributed by atoms with E-state index in [2.05, 4.69) is 34.0 Å². The van der Waals surface area contributed by atoms with Crippen molar-refractivity contribution in [3.63, 3.8) is 0 Å². The first-order valence-electron chi connectivity index (χ1n) is 9.55. The van der Waals surface area contributed by atoms with Crippen LogP contribution >= 0.6 is 0 Å². The Hall–Kier alpha value is -2.90. The minimum atomic E-state index is -0.295. The Bertz CT molecular complexity index is 853. The van der Waals surface area contributed by atoms with E-state index in [0.717, 1.165) is 17.3 Å². The molecule has 1 saturated heterocycles. The highest BCUT2D eigenvalue weighted by Crippen LogP contribution is 2.18. The number of piperazine rings is 1. The lowest BCUT2D eigenvalue weighted by Crippen LogP contribution is -2.51. The van der Waals surface area contributed by atoms with Crippen LogP contribution in [0.25, 0.3) is 0 Å². The van der Waals surface area contributed by atoms with Gasteiger partial charge in [0.25, 0.3) is 5.91 Å². The maximum Gasteiger partial charge on any atom is 0.255 e. The number of amides is 2. The summed E-state index contributed by atoms with van der Waals surface area (Å²) in [6.45, 7) is 10.4. The second-order valence-electron chi connectivity index (χ2n) is 7.32. The molecule has 0 saturated carbocycles. The van der Waals surface area contributed by atoms with Gasteiger partial charge in [-0.2, -0.15) is 0 Å². The number of nitrogens with zero attached hydrogens (tertiary/aromatic N) is 4. The van der Waals surface area contributed by atoms with Crippen molar-refractivity contribution in [3.8, 4) is 0 Å². The lowest BCUT2D eigenvalue weighted by Gasteiger charge is -2.35. The van der Waals surface area contributed by atoms with Crippen molar-refractivity contribution >= 4 is 17.6 Å². The predicted molar refractivity (Wildman–Crippen MR) is 105 cm³/mol. The van der Waals surface area contributed by atoms with E-state index in [4.69, 9.17) is 4.42 Å². The zero-order valence-corrected chi connectivity index (χ0v) is 16.9. The van der Waals surface area contributed by atoms with E-state index in [1.165, 1.54) is 6.26 Å². The highest BCUT2D eigenvalue weighted by atomic mass is 16.3. The molecule has 2 aromatic rings. The number of furan rings is 1. The van der Waals surface area contributed by atoms with Crippen molar-refractivity contribution < 1.29 is 14.0 Å². The Balaban J connectivity index is 1.53. The second kappa shape index (κ2) is 8.41. The van der Waals surface area contributed by atoms with E-state index in [1.807, 2.05) is 13.0 Å². The fourth-order valence-corrected chi connectivity index (χ4v) is 3.16. The molecule has 8 nitrogen and oxygen atoms in total. The van der Waals surface area contributed by atoms with Crippen LogP contribution in [0, 0.1) is 13.8 Å². The highest BCUT2D eigenvalue weighted by Gasteiger charge is 2.23. The number of anilines is 1. The number of carbonyl (C=O) groups is 2. The largest absolute Gasteiger partial charge is 0.469 e. The molecule has 8 heteroatoms. The monoisotopic (exact) mass is 385 g/mol. The normalized spacial score (nSPS) is 14.5. The molecule has 0 unspecified atom stereocenters. The fraction of sp³-hybridized carbons (Fsp3) is 0.500. The second-order valence-corrected chi connectivity index (χ2v) is 7.32. The van der Waals surface area contributed by atoms with Gasteiger partial charge in [-0.15, -0.1) is 0 Å². The SMILES string of the molecule is Cc1cc(N2CCN(C(=O)CNC(=O)c3ccoc3C)CC2)nc(C(C)C)n1. The Labute approximate surface area is 164 Å². The van der Waals surface area contributed by atoms with Gasteiger partial charge in [-0.1, -0.05) is 13.8 Å². The van der Waals surface area contributed by atoms with Crippen molar-refractivity contribution in [1.82, 2.24) is 20.2 Å². The smallest absolute Gasteiger partial charge is 0.255 e. The molecular weight excluding hydrogens is 358 g/mol. The standard InChI is InChI=1S/C20H27N5O3/c1-13(2)19-22-14(3)11-17(23-19)24-6-8-25(9-7-24)18(26)12-21-20(27)16-5-10-28-15(16)4/h5,10-11,13H,6-9,12H2,1-4H3,(H,21,27). The van der Waals surface area contributed by atoms with Gasteiger partial charge in [0, 0.05) is 43.9 Å². The minimum absolute atomic E-state index is 0.0203. The Morgan fingerprint density at radius 2 is 1.89 bits per heavy atom. The maximum atomic E-state index is 12.4. The number of carbonyl (C=O) groups excluding carboxylic acids is 2. The molecule has 1 N–H and O–H groups in total. The van der Waals surface area contributed by atoms with Crippen LogP contribution in [0.2, 0.25) is 0 Å². The van der Waals surface area contributed by atoms with Gasteiger partial charge in [-0.25, -0.2) is 9.97 Å². The third-order valence-electron chi connectivity index (χ3n) is 4.83. The topological polar surface area (TPSA) is 91.6 Å². The van der Waals surface area contributed by atoms with Crippen molar-refractivity contribution in [2.24, 2.45) is 0 Å². The Kier molecular flexibility index (Phi) is 5.96. The van der Waals surface area contributed by atoms with E-state index >= 15 is 0 Å². The van der Waals surface area contributed by atoms with Crippen LogP contribution in [0.1, 0.15) is 47.4 Å². The number of hydrogen-bond acceptors (Lipinski definition) is 6. The van der Waals surface area contributed by atoms with E-state index < -0.39 is 0 Å². The zero-order valence-electron chi connectivity index (χ0n) is 16.9. The summed E-state index contributed by atoms with van der Waals surface area (Å²) in [6, 6.07) is 3.58. The summed E-state index contributed by atoms with van der Waals surface area (Å²) < 4.78 is 5.12. The van der Waals surface area contributed by atoms with Gasteiger partial charge in [0.2, 0.25) is 5.91 Å². The average molecular weight is 385 g/mol. The molecule has 1 aliphatic rings. The Morgan fingerprint density at radius 3 is 2.50 bits per heavy atom. The summed E-state index contributed by atoms with van der Waals surface area (Å²) in [6.07, 6.45) is 1.46. The van der Waals surface area contributed by atoms with Crippen molar-refractivity contribution in [1.29, 1.82) is 0 Å². The summed E-state index contributed by atoms with van der Waals surface area (Å²) in [7, 11) is 0. The van der Waals surface area contributed by atoms with Gasteiger partial charge in [0.05, 0.1) is 18.4 Å². The molecule has 0 aromatic carbocycles. The molecule has 1 fully saturated rings. The third kappa shape index (κ3) is 4.49. The van der Waals surface area contributed by atoms with Gasteiger partial charge in [0.1, 0.15) is 17.4 Å². The number of rotatable bonds is 5. The number of aromatic nitrogens is 2. The van der Waals surface area contributed by atoms with Crippen LogP contribution in [0.4, 0.5) is 5.82 Å².